The molecule has 1 aliphatic rings. The summed E-state index contributed by atoms with van der Waals surface area (Å²) in [6, 6.07) is 0. The number of rotatable bonds is 0. The second kappa shape index (κ2) is 4.63. The summed E-state index contributed by atoms with van der Waals surface area (Å²) < 4.78 is 1.99. The molecule has 0 radical (unpaired) electrons. The molecule has 1 rings (SSSR count). The predicted molar refractivity (Wildman–Crippen MR) is 59.8 cm³/mol. The van der Waals surface area contributed by atoms with E-state index in [1.807, 2.05) is 4.42 Å². The minimum Gasteiger partial charge on any atom is -0.333 e. The fraction of sp³-hybridized carbons (Fsp3) is 1.00. The number of hydrogen-bond donors (Lipinski definition) is 1. The number of hydrogen-bond acceptors (Lipinski definition) is 2. The molecule has 3 heteroatoms. The summed E-state index contributed by atoms with van der Waals surface area (Å²) >= 11 is 6.23. The molecule has 0 amide bonds. The summed E-state index contributed by atoms with van der Waals surface area (Å²) in [6.07, 6.45) is 3.71. The average Bonchev–Trinajstić information content (AvgIpc) is 2.04. The van der Waals surface area contributed by atoms with Crippen LogP contribution in [0.25, 0.3) is 0 Å². The van der Waals surface area contributed by atoms with Crippen LogP contribution < -0.4 is 5.73 Å². The Morgan fingerprint density at radius 2 is 1.31 bits per heavy atom. The van der Waals surface area contributed by atoms with Crippen LogP contribution in [0.1, 0.15) is 47.0 Å². The molecule has 1 heterocycles. The minimum absolute atomic E-state index is 0.170. The first-order chi connectivity index (χ1) is 5.86. The monoisotopic (exact) mass is 206 g/mol. The van der Waals surface area contributed by atoms with Crippen LogP contribution in [-0.2, 0) is 0 Å². The van der Waals surface area contributed by atoms with Crippen molar-refractivity contribution >= 4 is 11.8 Å². The Morgan fingerprint density at radius 3 is 1.54 bits per heavy atom. The summed E-state index contributed by atoms with van der Waals surface area (Å²) in [4.78, 5) is 0. The Bertz CT molecular complexity index is 139. The van der Waals surface area contributed by atoms with Crippen LogP contribution >= 0.6 is 11.8 Å². The molecule has 13 heavy (non-hydrogen) atoms. The molecule has 0 saturated carbocycles. The van der Waals surface area contributed by atoms with Crippen molar-refractivity contribution in [1.29, 1.82) is 0 Å². The lowest BCUT2D eigenvalue weighted by Gasteiger charge is -2.48. The third kappa shape index (κ3) is 3.12. The molecule has 0 unspecified atom stereocenters. The van der Waals surface area contributed by atoms with Crippen molar-refractivity contribution in [2.24, 2.45) is 5.73 Å². The zero-order chi connectivity index (χ0) is 10.7. The third-order valence-corrected chi connectivity index (χ3v) is 3.56. The van der Waals surface area contributed by atoms with Crippen molar-refractivity contribution < 1.29 is 0 Å². The number of nitrogens with zero attached hydrogens (tertiary/aromatic N) is 1. The lowest BCUT2D eigenvalue weighted by Crippen LogP contribution is -2.53. The predicted octanol–water partition coefficient (Wildman–Crippen LogP) is 2.76. The Labute approximate surface area is 87.5 Å². The first kappa shape index (κ1) is 13.2. The molecule has 2 nitrogen and oxygen atoms in total. The quantitative estimate of drug-likeness (QED) is 0.618. The number of nitrogens with two attached hydrogens (primary N) is 1. The summed E-state index contributed by atoms with van der Waals surface area (Å²) in [5.74, 6) is 0. The molecule has 0 aliphatic carbocycles. The molecular formula is C10H23ClN2. The number of piperidine rings is 1. The second-order valence-electron chi connectivity index (χ2n) is 4.76. The average molecular weight is 207 g/mol. The highest BCUT2D eigenvalue weighted by atomic mass is 35.5. The van der Waals surface area contributed by atoms with E-state index in [1.54, 1.807) is 0 Å². The maximum absolute atomic E-state index is 6.23. The van der Waals surface area contributed by atoms with Gasteiger partial charge in [0.15, 0.2) is 0 Å². The van der Waals surface area contributed by atoms with E-state index in [1.165, 1.54) is 26.3 Å². The zero-order valence-electron chi connectivity index (χ0n) is 9.52. The van der Waals surface area contributed by atoms with Gasteiger partial charge in [0.05, 0.1) is 0 Å². The molecule has 0 bridgehead atoms. The van der Waals surface area contributed by atoms with Crippen LogP contribution in [-0.4, -0.2) is 22.5 Å². The van der Waals surface area contributed by atoms with Gasteiger partial charge in [-0.15, -0.1) is 0 Å². The lowest BCUT2D eigenvalue weighted by molar-refractivity contribution is 0.0586. The highest BCUT2D eigenvalue weighted by Gasteiger charge is 2.40. The molecule has 0 spiro atoms. The standard InChI is InChI=1S/C9H18ClN.CH5N/c1-8(2)6-5-7-9(3,4)11(8)10;1-2/h5-7H2,1-4H3;2H2,1H3. The van der Waals surface area contributed by atoms with E-state index in [0.717, 1.165) is 0 Å². The molecular weight excluding hydrogens is 184 g/mol. The molecule has 80 valence electrons. The van der Waals surface area contributed by atoms with Gasteiger partial charge in [0, 0.05) is 11.1 Å². The van der Waals surface area contributed by atoms with Gasteiger partial charge < -0.3 is 5.73 Å². The summed E-state index contributed by atoms with van der Waals surface area (Å²) in [6.45, 7) is 8.84. The van der Waals surface area contributed by atoms with Gasteiger partial charge in [-0.3, -0.25) is 0 Å². The molecule has 1 saturated heterocycles. The van der Waals surface area contributed by atoms with Crippen LogP contribution in [0, 0.1) is 0 Å². The molecule has 2 N–H and O–H groups in total. The third-order valence-electron chi connectivity index (χ3n) is 2.64. The van der Waals surface area contributed by atoms with Crippen molar-refractivity contribution in [3.05, 3.63) is 0 Å². The van der Waals surface area contributed by atoms with Crippen molar-refractivity contribution in [1.82, 2.24) is 4.42 Å². The fourth-order valence-electron chi connectivity index (χ4n) is 1.97. The van der Waals surface area contributed by atoms with E-state index in [-0.39, 0.29) is 11.1 Å². The Morgan fingerprint density at radius 1 is 1.00 bits per heavy atom. The van der Waals surface area contributed by atoms with Crippen molar-refractivity contribution in [2.45, 2.75) is 58.0 Å². The summed E-state index contributed by atoms with van der Waals surface area (Å²) in [7, 11) is 1.50. The Kier molecular flexibility index (Phi) is 4.70. The van der Waals surface area contributed by atoms with Crippen LogP contribution in [0.15, 0.2) is 0 Å². The maximum Gasteiger partial charge on any atom is 0.0312 e. The normalized spacial score (nSPS) is 26.1. The highest BCUT2D eigenvalue weighted by Crippen LogP contribution is 2.39. The van der Waals surface area contributed by atoms with Crippen molar-refractivity contribution in [2.75, 3.05) is 7.05 Å². The lowest BCUT2D eigenvalue weighted by atomic mass is 9.83. The van der Waals surface area contributed by atoms with Gasteiger partial charge >= 0.3 is 0 Å². The topological polar surface area (TPSA) is 29.3 Å². The largest absolute Gasteiger partial charge is 0.333 e. The SMILES string of the molecule is CC1(C)CCCC(C)(C)N1Cl.CN. The van der Waals surface area contributed by atoms with Gasteiger partial charge in [-0.2, -0.15) is 0 Å². The van der Waals surface area contributed by atoms with Gasteiger partial charge in [0.25, 0.3) is 0 Å². The van der Waals surface area contributed by atoms with E-state index in [0.29, 0.717) is 0 Å². The smallest absolute Gasteiger partial charge is 0.0312 e. The highest BCUT2D eigenvalue weighted by molar-refractivity contribution is 6.14. The van der Waals surface area contributed by atoms with Gasteiger partial charge in [0.1, 0.15) is 0 Å². The van der Waals surface area contributed by atoms with Crippen LogP contribution in [0.4, 0.5) is 0 Å². The fourth-order valence-corrected chi connectivity index (χ4v) is 2.14. The van der Waals surface area contributed by atoms with E-state index in [2.05, 4.69) is 33.4 Å². The van der Waals surface area contributed by atoms with Gasteiger partial charge in [-0.25, -0.2) is 4.42 Å². The second-order valence-corrected chi connectivity index (χ2v) is 5.10. The Balaban J connectivity index is 0.000000671. The van der Waals surface area contributed by atoms with Crippen LogP contribution in [0.5, 0.6) is 0 Å². The van der Waals surface area contributed by atoms with Crippen LogP contribution in [0.3, 0.4) is 0 Å². The van der Waals surface area contributed by atoms with Crippen molar-refractivity contribution in [3.8, 4) is 0 Å². The first-order valence-electron chi connectivity index (χ1n) is 4.90. The molecule has 0 aromatic rings. The maximum atomic E-state index is 6.23. The zero-order valence-corrected chi connectivity index (χ0v) is 10.3. The molecule has 1 aliphatic heterocycles. The van der Waals surface area contributed by atoms with E-state index in [9.17, 15) is 0 Å². The Hall–Kier alpha value is 0.210. The van der Waals surface area contributed by atoms with Crippen LogP contribution in [0.2, 0.25) is 0 Å². The van der Waals surface area contributed by atoms with Gasteiger partial charge in [-0.05, 0) is 65.8 Å². The first-order valence-corrected chi connectivity index (χ1v) is 5.24. The van der Waals surface area contributed by atoms with E-state index < -0.39 is 0 Å². The summed E-state index contributed by atoms with van der Waals surface area (Å²) in [5.41, 5.74) is 4.84. The molecule has 0 atom stereocenters. The van der Waals surface area contributed by atoms with Gasteiger partial charge in [-0.1, -0.05) is 0 Å². The minimum atomic E-state index is 0.170. The van der Waals surface area contributed by atoms with E-state index >= 15 is 0 Å². The van der Waals surface area contributed by atoms with Gasteiger partial charge in [0.2, 0.25) is 0 Å². The number of halogens is 1. The molecule has 0 aromatic heterocycles. The molecule has 1 fully saturated rings. The van der Waals surface area contributed by atoms with E-state index in [4.69, 9.17) is 11.8 Å². The van der Waals surface area contributed by atoms with Crippen molar-refractivity contribution in [3.63, 3.8) is 0 Å². The summed E-state index contributed by atoms with van der Waals surface area (Å²) in [5, 5.41) is 0. The molecule has 0 aromatic carbocycles.